The maximum Gasteiger partial charge on any atom is 0.301 e. The van der Waals surface area contributed by atoms with E-state index in [-0.39, 0.29) is 11.9 Å². The molecule has 0 radical (unpaired) electrons. The van der Waals surface area contributed by atoms with Crippen LogP contribution in [0.15, 0.2) is 18.2 Å². The number of ether oxygens (including phenoxy) is 2. The van der Waals surface area contributed by atoms with Crippen molar-refractivity contribution in [1.82, 2.24) is 4.31 Å². The van der Waals surface area contributed by atoms with Gasteiger partial charge >= 0.3 is 10.2 Å². The largest absolute Gasteiger partial charge is 0.508 e. The summed E-state index contributed by atoms with van der Waals surface area (Å²) < 4.78 is 39.4. The van der Waals surface area contributed by atoms with E-state index in [4.69, 9.17) is 9.47 Å². The Morgan fingerprint density at radius 1 is 1.30 bits per heavy atom. The van der Waals surface area contributed by atoms with Crippen LogP contribution in [0.3, 0.4) is 0 Å². The highest BCUT2D eigenvalue weighted by Crippen LogP contribution is 2.25. The first-order valence-electron chi connectivity index (χ1n) is 7.58. The Morgan fingerprint density at radius 3 is 2.61 bits per heavy atom. The quantitative estimate of drug-likeness (QED) is 0.729. The summed E-state index contributed by atoms with van der Waals surface area (Å²) >= 11 is 0. The lowest BCUT2D eigenvalue weighted by molar-refractivity contribution is 0.0606. The van der Waals surface area contributed by atoms with Gasteiger partial charge in [-0.1, -0.05) is 0 Å². The molecule has 1 aromatic carbocycles. The molecule has 1 aliphatic heterocycles. The van der Waals surface area contributed by atoms with Gasteiger partial charge in [0.25, 0.3) is 0 Å². The molecule has 0 aromatic heterocycles. The van der Waals surface area contributed by atoms with Crippen molar-refractivity contribution in [3.8, 4) is 5.75 Å². The molecule has 0 saturated carbocycles. The predicted octanol–water partition coefficient (Wildman–Crippen LogP) is 1.35. The molecule has 1 heterocycles. The van der Waals surface area contributed by atoms with Crippen LogP contribution < -0.4 is 4.72 Å². The zero-order valence-electron chi connectivity index (χ0n) is 13.5. The first kappa shape index (κ1) is 18.0. The molecular weight excluding hydrogens is 320 g/mol. The number of aromatic hydroxyl groups is 1. The number of nitrogens with one attached hydrogen (secondary N) is 1. The van der Waals surface area contributed by atoms with E-state index in [0.29, 0.717) is 50.2 Å². The third kappa shape index (κ3) is 4.81. The SMILES string of the molecule is COCCc1cc(O)ccc1NS(=O)(=O)N1CCC(OC)CC1. The van der Waals surface area contributed by atoms with Crippen LogP contribution in [-0.4, -0.2) is 57.8 Å². The molecule has 7 nitrogen and oxygen atoms in total. The van der Waals surface area contributed by atoms with Crippen LogP contribution in [0.2, 0.25) is 0 Å². The molecular formula is C15H24N2O5S. The van der Waals surface area contributed by atoms with Crippen LogP contribution in [0, 0.1) is 0 Å². The van der Waals surface area contributed by atoms with Crippen molar-refractivity contribution in [2.75, 3.05) is 38.6 Å². The van der Waals surface area contributed by atoms with E-state index < -0.39 is 10.2 Å². The number of phenols is 1. The summed E-state index contributed by atoms with van der Waals surface area (Å²) in [6.45, 7) is 1.30. The van der Waals surface area contributed by atoms with Gasteiger partial charge in [0.05, 0.1) is 18.4 Å². The minimum Gasteiger partial charge on any atom is -0.508 e. The molecule has 2 N–H and O–H groups in total. The van der Waals surface area contributed by atoms with Crippen molar-refractivity contribution in [2.45, 2.75) is 25.4 Å². The fourth-order valence-electron chi connectivity index (χ4n) is 2.61. The molecule has 0 atom stereocenters. The lowest BCUT2D eigenvalue weighted by Crippen LogP contribution is -2.43. The zero-order chi connectivity index (χ0) is 16.9. The molecule has 1 saturated heterocycles. The summed E-state index contributed by atoms with van der Waals surface area (Å²) in [6, 6.07) is 4.58. The number of hydrogen-bond donors (Lipinski definition) is 2. The van der Waals surface area contributed by atoms with E-state index >= 15 is 0 Å². The monoisotopic (exact) mass is 344 g/mol. The molecule has 1 aromatic rings. The minimum atomic E-state index is -3.62. The maximum atomic E-state index is 12.5. The Kier molecular flexibility index (Phi) is 6.23. The Balaban J connectivity index is 2.11. The molecule has 0 unspecified atom stereocenters. The van der Waals surface area contributed by atoms with Crippen molar-refractivity contribution in [3.05, 3.63) is 23.8 Å². The van der Waals surface area contributed by atoms with Gasteiger partial charge in [-0.05, 0) is 43.0 Å². The minimum absolute atomic E-state index is 0.0972. The van der Waals surface area contributed by atoms with E-state index in [9.17, 15) is 13.5 Å². The second-order valence-electron chi connectivity index (χ2n) is 5.53. The lowest BCUT2D eigenvalue weighted by atomic mass is 10.1. The van der Waals surface area contributed by atoms with Crippen molar-refractivity contribution < 1.29 is 23.0 Å². The Hall–Kier alpha value is -1.35. The molecule has 0 aliphatic carbocycles. The van der Waals surface area contributed by atoms with Gasteiger partial charge in [-0.3, -0.25) is 4.72 Å². The van der Waals surface area contributed by atoms with E-state index in [0.717, 1.165) is 0 Å². The third-order valence-electron chi connectivity index (χ3n) is 3.98. The second-order valence-corrected chi connectivity index (χ2v) is 7.20. The van der Waals surface area contributed by atoms with Crippen molar-refractivity contribution in [1.29, 1.82) is 0 Å². The standard InChI is InChI=1S/C15H24N2O5S/c1-21-10-7-12-11-13(18)3-4-15(12)16-23(19,20)17-8-5-14(22-2)6-9-17/h3-4,11,14,16,18H,5-10H2,1-2H3. The molecule has 0 bridgehead atoms. The van der Waals surface area contributed by atoms with E-state index in [2.05, 4.69) is 4.72 Å². The number of benzene rings is 1. The summed E-state index contributed by atoms with van der Waals surface area (Å²) in [5, 5.41) is 9.60. The number of methoxy groups -OCH3 is 2. The fourth-order valence-corrected chi connectivity index (χ4v) is 3.91. The van der Waals surface area contributed by atoms with Gasteiger partial charge in [0.15, 0.2) is 0 Å². The van der Waals surface area contributed by atoms with Crippen LogP contribution in [0.1, 0.15) is 18.4 Å². The topological polar surface area (TPSA) is 88.1 Å². The molecule has 23 heavy (non-hydrogen) atoms. The molecule has 1 aliphatic rings. The van der Waals surface area contributed by atoms with Crippen LogP contribution in [0.4, 0.5) is 5.69 Å². The van der Waals surface area contributed by atoms with Crippen molar-refractivity contribution in [3.63, 3.8) is 0 Å². The molecule has 0 spiro atoms. The summed E-state index contributed by atoms with van der Waals surface area (Å²) in [7, 11) is -0.403. The number of phenolic OH excluding ortho intramolecular Hbond substituents is 1. The molecule has 130 valence electrons. The molecule has 2 rings (SSSR count). The number of piperidine rings is 1. The van der Waals surface area contributed by atoms with E-state index in [1.807, 2.05) is 0 Å². The highest BCUT2D eigenvalue weighted by atomic mass is 32.2. The molecule has 8 heteroatoms. The maximum absolute atomic E-state index is 12.5. The van der Waals surface area contributed by atoms with Gasteiger partial charge in [0.1, 0.15) is 5.75 Å². The number of nitrogens with zero attached hydrogens (tertiary/aromatic N) is 1. The van der Waals surface area contributed by atoms with E-state index in [1.165, 1.54) is 10.4 Å². The van der Waals surface area contributed by atoms with Gasteiger partial charge in [0, 0.05) is 27.3 Å². The van der Waals surface area contributed by atoms with Crippen molar-refractivity contribution >= 4 is 15.9 Å². The van der Waals surface area contributed by atoms with Crippen molar-refractivity contribution in [2.24, 2.45) is 0 Å². The Labute approximate surface area is 137 Å². The summed E-state index contributed by atoms with van der Waals surface area (Å²) in [6.07, 6.45) is 1.99. The summed E-state index contributed by atoms with van der Waals surface area (Å²) in [4.78, 5) is 0. The molecule has 1 fully saturated rings. The second kappa shape index (κ2) is 7.96. The first-order chi connectivity index (χ1) is 11.0. The third-order valence-corrected chi connectivity index (χ3v) is 5.50. The van der Waals surface area contributed by atoms with Crippen LogP contribution >= 0.6 is 0 Å². The highest BCUT2D eigenvalue weighted by Gasteiger charge is 2.28. The average molecular weight is 344 g/mol. The van der Waals surface area contributed by atoms with Gasteiger partial charge in [0.2, 0.25) is 0 Å². The fraction of sp³-hybridized carbons (Fsp3) is 0.600. The highest BCUT2D eigenvalue weighted by molar-refractivity contribution is 7.90. The van der Waals surface area contributed by atoms with Gasteiger partial charge in [-0.2, -0.15) is 12.7 Å². The van der Waals surface area contributed by atoms with Crippen LogP contribution in [0.25, 0.3) is 0 Å². The summed E-state index contributed by atoms with van der Waals surface area (Å²) in [5.41, 5.74) is 1.16. The molecule has 0 amide bonds. The Morgan fingerprint density at radius 2 is 2.00 bits per heavy atom. The normalized spacial score (nSPS) is 17.3. The van der Waals surface area contributed by atoms with Gasteiger partial charge in [-0.25, -0.2) is 0 Å². The average Bonchev–Trinajstić information content (AvgIpc) is 2.55. The predicted molar refractivity (Wildman–Crippen MR) is 87.8 cm³/mol. The van der Waals surface area contributed by atoms with E-state index in [1.54, 1.807) is 26.4 Å². The van der Waals surface area contributed by atoms with Gasteiger partial charge in [-0.15, -0.1) is 0 Å². The Bertz CT molecular complexity index is 612. The van der Waals surface area contributed by atoms with Crippen LogP contribution in [-0.2, 0) is 26.1 Å². The number of anilines is 1. The van der Waals surface area contributed by atoms with Gasteiger partial charge < -0.3 is 14.6 Å². The number of hydrogen-bond acceptors (Lipinski definition) is 5. The lowest BCUT2D eigenvalue weighted by Gasteiger charge is -2.30. The first-order valence-corrected chi connectivity index (χ1v) is 9.02. The smallest absolute Gasteiger partial charge is 0.301 e. The number of rotatable bonds is 7. The summed E-state index contributed by atoms with van der Waals surface area (Å²) in [5.74, 6) is 0.0972. The zero-order valence-corrected chi connectivity index (χ0v) is 14.3. The van der Waals surface area contributed by atoms with Crippen LogP contribution in [0.5, 0.6) is 5.75 Å².